The number of nitrogens with zero attached hydrogens (tertiary/aromatic N) is 3. The summed E-state index contributed by atoms with van der Waals surface area (Å²) in [5.74, 6) is -0.109. The van der Waals surface area contributed by atoms with Crippen LogP contribution in [-0.4, -0.2) is 21.7 Å². The van der Waals surface area contributed by atoms with Crippen LogP contribution in [-0.2, 0) is 6.42 Å². The molecule has 0 aliphatic carbocycles. The summed E-state index contributed by atoms with van der Waals surface area (Å²) in [6, 6.07) is 8.64. The van der Waals surface area contributed by atoms with Gasteiger partial charge in [-0.05, 0) is 36.2 Å². The molecule has 22 heavy (non-hydrogen) atoms. The lowest BCUT2D eigenvalue weighted by Gasteiger charge is -2.02. The van der Waals surface area contributed by atoms with E-state index in [1.54, 1.807) is 12.1 Å². The monoisotopic (exact) mass is 321 g/mol. The zero-order chi connectivity index (χ0) is 16.1. The molecule has 0 fully saturated rings. The molecule has 7 nitrogen and oxygen atoms in total. The van der Waals surface area contributed by atoms with Crippen LogP contribution in [0.2, 0.25) is 5.02 Å². The quantitative estimate of drug-likeness (QED) is 0.494. The molecule has 0 unspecified atom stereocenters. The minimum atomic E-state index is -0.609. The maximum Gasteiger partial charge on any atom is 0.298 e. The van der Waals surface area contributed by atoms with Crippen LogP contribution >= 0.6 is 11.6 Å². The smallest absolute Gasteiger partial charge is 0.298 e. The minimum Gasteiger partial charge on any atom is -0.506 e. The number of hydrogen-bond donors (Lipinski definition) is 2. The molecule has 0 spiro atoms. The lowest BCUT2D eigenvalue weighted by molar-refractivity contribution is -0.384. The third-order valence-corrected chi connectivity index (χ3v) is 3.08. The van der Waals surface area contributed by atoms with E-state index in [1.807, 2.05) is 0 Å². The number of azo groups is 1. The molecule has 114 valence electrons. The van der Waals surface area contributed by atoms with Gasteiger partial charge in [-0.1, -0.05) is 17.7 Å². The van der Waals surface area contributed by atoms with Gasteiger partial charge in [0.05, 0.1) is 4.92 Å². The Hall–Kier alpha value is -2.51. The van der Waals surface area contributed by atoms with Gasteiger partial charge in [0.15, 0.2) is 5.69 Å². The summed E-state index contributed by atoms with van der Waals surface area (Å²) >= 11 is 5.72. The van der Waals surface area contributed by atoms with Crippen molar-refractivity contribution < 1.29 is 15.1 Å². The maximum absolute atomic E-state index is 11.0. The van der Waals surface area contributed by atoms with Crippen molar-refractivity contribution in [1.29, 1.82) is 0 Å². The standard InChI is InChI=1S/C14H12ClN3O4/c15-10-2-3-11(13(8-10)18(21)22)16-17-12-7-9(5-6-19)1-4-14(12)20/h1-4,7-8,19-20H,5-6H2/b17-16+. The molecule has 0 heterocycles. The van der Waals surface area contributed by atoms with Crippen LogP contribution in [0, 0.1) is 10.1 Å². The average Bonchev–Trinajstić information content (AvgIpc) is 2.48. The summed E-state index contributed by atoms with van der Waals surface area (Å²) in [6.07, 6.45) is 0.407. The van der Waals surface area contributed by atoms with Crippen molar-refractivity contribution in [1.82, 2.24) is 0 Å². The highest BCUT2D eigenvalue weighted by molar-refractivity contribution is 6.30. The molecule has 0 aromatic heterocycles. The average molecular weight is 322 g/mol. The molecular formula is C14H12ClN3O4. The second-order valence-corrected chi connectivity index (χ2v) is 4.82. The van der Waals surface area contributed by atoms with Gasteiger partial charge in [0.2, 0.25) is 0 Å². The molecule has 0 aliphatic heterocycles. The Labute approximate surface area is 130 Å². The first-order valence-corrected chi connectivity index (χ1v) is 6.67. The fraction of sp³-hybridized carbons (Fsp3) is 0.143. The highest BCUT2D eigenvalue weighted by Crippen LogP contribution is 2.34. The molecule has 2 aromatic rings. The second kappa shape index (κ2) is 6.97. The number of nitro groups is 1. The number of benzene rings is 2. The Bertz CT molecular complexity index is 734. The van der Waals surface area contributed by atoms with E-state index in [1.165, 1.54) is 24.3 Å². The number of aliphatic hydroxyl groups is 1. The van der Waals surface area contributed by atoms with Crippen LogP contribution in [0.5, 0.6) is 5.75 Å². The van der Waals surface area contributed by atoms with E-state index in [9.17, 15) is 15.2 Å². The van der Waals surface area contributed by atoms with Gasteiger partial charge in [0.25, 0.3) is 5.69 Å². The molecule has 0 bridgehead atoms. The van der Waals surface area contributed by atoms with Gasteiger partial charge in [-0.25, -0.2) is 0 Å². The Morgan fingerprint density at radius 2 is 1.86 bits per heavy atom. The van der Waals surface area contributed by atoms with Gasteiger partial charge in [0, 0.05) is 17.7 Å². The Morgan fingerprint density at radius 1 is 1.14 bits per heavy atom. The highest BCUT2D eigenvalue weighted by Gasteiger charge is 2.14. The lowest BCUT2D eigenvalue weighted by Crippen LogP contribution is -1.89. The highest BCUT2D eigenvalue weighted by atomic mass is 35.5. The van der Waals surface area contributed by atoms with E-state index in [2.05, 4.69) is 10.2 Å². The Kier molecular flexibility index (Phi) is 5.03. The van der Waals surface area contributed by atoms with Gasteiger partial charge in [-0.3, -0.25) is 10.1 Å². The molecule has 2 N–H and O–H groups in total. The van der Waals surface area contributed by atoms with Crippen LogP contribution in [0.15, 0.2) is 46.6 Å². The third-order valence-electron chi connectivity index (χ3n) is 2.84. The molecule has 0 radical (unpaired) electrons. The van der Waals surface area contributed by atoms with E-state index in [0.29, 0.717) is 6.42 Å². The first-order valence-electron chi connectivity index (χ1n) is 6.29. The molecule has 2 aromatic carbocycles. The summed E-state index contributed by atoms with van der Waals surface area (Å²) in [4.78, 5) is 10.4. The normalized spacial score (nSPS) is 11.0. The van der Waals surface area contributed by atoms with Crippen LogP contribution in [0.3, 0.4) is 0 Å². The summed E-state index contributed by atoms with van der Waals surface area (Å²) in [5, 5.41) is 37.5. The fourth-order valence-electron chi connectivity index (χ4n) is 1.77. The van der Waals surface area contributed by atoms with Gasteiger partial charge in [-0.15, -0.1) is 10.2 Å². The SMILES string of the molecule is O=[N+]([O-])c1cc(Cl)ccc1/N=N/c1cc(CCO)ccc1O. The summed E-state index contributed by atoms with van der Waals surface area (Å²) in [5.41, 5.74) is 0.679. The van der Waals surface area contributed by atoms with E-state index in [-0.39, 0.29) is 34.4 Å². The number of rotatable bonds is 5. The predicted molar refractivity (Wildman–Crippen MR) is 81.2 cm³/mol. The molecule has 0 saturated carbocycles. The van der Waals surface area contributed by atoms with Crippen LogP contribution in [0.4, 0.5) is 17.1 Å². The molecule has 0 saturated heterocycles. The molecular weight excluding hydrogens is 310 g/mol. The number of aliphatic hydroxyl groups excluding tert-OH is 1. The first-order chi connectivity index (χ1) is 10.5. The fourth-order valence-corrected chi connectivity index (χ4v) is 1.94. The first kappa shape index (κ1) is 15.9. The molecule has 2 rings (SSSR count). The molecule has 8 heteroatoms. The van der Waals surface area contributed by atoms with Crippen molar-refractivity contribution in [2.24, 2.45) is 10.2 Å². The van der Waals surface area contributed by atoms with Crippen molar-refractivity contribution in [3.8, 4) is 5.75 Å². The Morgan fingerprint density at radius 3 is 2.55 bits per heavy atom. The van der Waals surface area contributed by atoms with E-state index < -0.39 is 4.92 Å². The van der Waals surface area contributed by atoms with Gasteiger partial charge < -0.3 is 10.2 Å². The maximum atomic E-state index is 11.0. The number of halogens is 1. The molecule has 0 atom stereocenters. The van der Waals surface area contributed by atoms with E-state index in [4.69, 9.17) is 16.7 Å². The summed E-state index contributed by atoms with van der Waals surface area (Å²) < 4.78 is 0. The van der Waals surface area contributed by atoms with Gasteiger partial charge in [0.1, 0.15) is 11.4 Å². The molecule has 0 amide bonds. The number of hydrogen-bond acceptors (Lipinski definition) is 6. The summed E-state index contributed by atoms with van der Waals surface area (Å²) in [7, 11) is 0. The van der Waals surface area contributed by atoms with Crippen LogP contribution < -0.4 is 0 Å². The second-order valence-electron chi connectivity index (χ2n) is 4.39. The topological polar surface area (TPSA) is 108 Å². The minimum absolute atomic E-state index is 0.0290. The van der Waals surface area contributed by atoms with Crippen molar-refractivity contribution in [3.05, 3.63) is 57.1 Å². The van der Waals surface area contributed by atoms with Crippen molar-refractivity contribution >= 4 is 28.7 Å². The van der Waals surface area contributed by atoms with Gasteiger partial charge in [-0.2, -0.15) is 0 Å². The zero-order valence-corrected chi connectivity index (χ0v) is 12.1. The van der Waals surface area contributed by atoms with E-state index >= 15 is 0 Å². The van der Waals surface area contributed by atoms with Crippen LogP contribution in [0.1, 0.15) is 5.56 Å². The number of phenolic OH excluding ortho intramolecular Hbond substituents is 1. The van der Waals surface area contributed by atoms with Crippen molar-refractivity contribution in [3.63, 3.8) is 0 Å². The largest absolute Gasteiger partial charge is 0.506 e. The predicted octanol–water partition coefficient (Wildman–Crippen LogP) is 3.90. The van der Waals surface area contributed by atoms with E-state index in [0.717, 1.165) is 5.56 Å². The number of phenols is 1. The number of aromatic hydroxyl groups is 1. The summed E-state index contributed by atoms with van der Waals surface area (Å²) in [6.45, 7) is -0.0377. The number of nitro benzene ring substituents is 1. The Balaban J connectivity index is 2.36. The van der Waals surface area contributed by atoms with Gasteiger partial charge >= 0.3 is 0 Å². The molecule has 0 aliphatic rings. The van der Waals surface area contributed by atoms with Crippen LogP contribution in [0.25, 0.3) is 0 Å². The zero-order valence-electron chi connectivity index (χ0n) is 11.3. The van der Waals surface area contributed by atoms with Crippen molar-refractivity contribution in [2.75, 3.05) is 6.61 Å². The lowest BCUT2D eigenvalue weighted by atomic mass is 10.1. The van der Waals surface area contributed by atoms with Crippen molar-refractivity contribution in [2.45, 2.75) is 6.42 Å². The third kappa shape index (κ3) is 3.78.